The van der Waals surface area contributed by atoms with Gasteiger partial charge in [-0.3, -0.25) is 4.79 Å². The molecule has 0 radical (unpaired) electrons. The fourth-order valence-corrected chi connectivity index (χ4v) is 1.70. The van der Waals surface area contributed by atoms with Crippen LogP contribution in [0.25, 0.3) is 0 Å². The average molecular weight is 250 g/mol. The molecule has 0 N–H and O–H groups in total. The second-order valence-electron chi connectivity index (χ2n) is 3.91. The number of carbonyl (C=O) groups excluding carboxylic acids is 1. The molecule has 0 aliphatic carbocycles. The van der Waals surface area contributed by atoms with Gasteiger partial charge in [-0.1, -0.05) is 0 Å². The van der Waals surface area contributed by atoms with Gasteiger partial charge in [-0.05, 0) is 42.8 Å². The summed E-state index contributed by atoms with van der Waals surface area (Å²) >= 11 is 0. The summed E-state index contributed by atoms with van der Waals surface area (Å²) in [5, 5.41) is 0. The monoisotopic (exact) mass is 250 g/mol. The van der Waals surface area contributed by atoms with Crippen LogP contribution in [0.15, 0.2) is 36.4 Å². The highest BCUT2D eigenvalue weighted by molar-refractivity contribution is 6.10. The van der Waals surface area contributed by atoms with Gasteiger partial charge >= 0.3 is 0 Å². The Morgan fingerprint density at radius 3 is 2.00 bits per heavy atom. The fraction of sp³-hybridized carbons (Fsp3) is 0.0714. The zero-order chi connectivity index (χ0) is 13.3. The number of rotatable bonds is 2. The lowest BCUT2D eigenvalue weighted by atomic mass is 9.98. The molecule has 1 nitrogen and oxygen atoms in total. The molecule has 92 valence electrons. The molecule has 0 aromatic heterocycles. The molecule has 4 heteroatoms. The minimum atomic E-state index is -0.927. The van der Waals surface area contributed by atoms with Crippen LogP contribution in [0.3, 0.4) is 0 Å². The molecule has 0 aliphatic rings. The first kappa shape index (κ1) is 12.4. The van der Waals surface area contributed by atoms with E-state index < -0.39 is 23.2 Å². The van der Waals surface area contributed by atoms with Gasteiger partial charge in [0.1, 0.15) is 17.5 Å². The average Bonchev–Trinajstić information content (AvgIpc) is 2.28. The largest absolute Gasteiger partial charge is 0.288 e. The first-order chi connectivity index (χ1) is 8.49. The van der Waals surface area contributed by atoms with E-state index in [4.69, 9.17) is 0 Å². The Morgan fingerprint density at radius 2 is 1.44 bits per heavy atom. The quantitative estimate of drug-likeness (QED) is 0.743. The lowest BCUT2D eigenvalue weighted by Gasteiger charge is -2.06. The van der Waals surface area contributed by atoms with Gasteiger partial charge in [0.05, 0.1) is 5.56 Å². The molecule has 0 amide bonds. The lowest BCUT2D eigenvalue weighted by Crippen LogP contribution is -2.06. The third-order valence-corrected chi connectivity index (χ3v) is 2.61. The Labute approximate surface area is 102 Å². The number of hydrogen-bond donors (Lipinski definition) is 0. The third kappa shape index (κ3) is 2.27. The molecule has 0 heterocycles. The van der Waals surface area contributed by atoms with Crippen molar-refractivity contribution < 1.29 is 18.0 Å². The summed E-state index contributed by atoms with van der Waals surface area (Å²) in [6.07, 6.45) is 0. The topological polar surface area (TPSA) is 17.1 Å². The molecule has 0 unspecified atom stereocenters. The molecule has 2 aromatic rings. The van der Waals surface area contributed by atoms with Gasteiger partial charge in [0.25, 0.3) is 0 Å². The third-order valence-electron chi connectivity index (χ3n) is 2.61. The number of aryl methyl sites for hydroxylation is 1. The van der Waals surface area contributed by atoms with Crippen molar-refractivity contribution in [2.24, 2.45) is 0 Å². The van der Waals surface area contributed by atoms with Crippen molar-refractivity contribution in [2.45, 2.75) is 6.92 Å². The van der Waals surface area contributed by atoms with E-state index in [0.29, 0.717) is 11.6 Å². The van der Waals surface area contributed by atoms with E-state index in [1.807, 2.05) is 0 Å². The van der Waals surface area contributed by atoms with E-state index in [2.05, 4.69) is 0 Å². The van der Waals surface area contributed by atoms with Gasteiger partial charge in [-0.15, -0.1) is 0 Å². The van der Waals surface area contributed by atoms with E-state index in [0.717, 1.165) is 18.2 Å². The van der Waals surface area contributed by atoms with Crippen LogP contribution in [-0.2, 0) is 0 Å². The standard InChI is InChI=1S/C14H9F3O/c1-8-6-9(15)2-4-11(8)14(18)12-5-3-10(16)7-13(12)17/h2-7H,1H3. The maximum Gasteiger partial charge on any atom is 0.196 e. The minimum absolute atomic E-state index is 0.196. The number of hydrogen-bond acceptors (Lipinski definition) is 1. The highest BCUT2D eigenvalue weighted by Gasteiger charge is 2.16. The Kier molecular flexibility index (Phi) is 3.19. The maximum atomic E-state index is 13.5. The molecule has 0 saturated carbocycles. The van der Waals surface area contributed by atoms with E-state index in [1.54, 1.807) is 6.92 Å². The summed E-state index contributed by atoms with van der Waals surface area (Å²) in [7, 11) is 0. The normalized spacial score (nSPS) is 10.4. The molecule has 0 spiro atoms. The molecular weight excluding hydrogens is 241 g/mol. The minimum Gasteiger partial charge on any atom is -0.288 e. The van der Waals surface area contributed by atoms with Gasteiger partial charge in [-0.2, -0.15) is 0 Å². The number of halogens is 3. The first-order valence-electron chi connectivity index (χ1n) is 5.25. The highest BCUT2D eigenvalue weighted by atomic mass is 19.1. The Morgan fingerprint density at radius 1 is 0.889 bits per heavy atom. The van der Waals surface area contributed by atoms with Crippen LogP contribution in [-0.4, -0.2) is 5.78 Å². The summed E-state index contributed by atoms with van der Waals surface area (Å²) in [5.74, 6) is -2.74. The molecule has 0 atom stereocenters. The molecule has 0 aliphatic heterocycles. The van der Waals surface area contributed by atoms with Gasteiger partial charge in [0.2, 0.25) is 0 Å². The maximum absolute atomic E-state index is 13.5. The van der Waals surface area contributed by atoms with E-state index in [9.17, 15) is 18.0 Å². The van der Waals surface area contributed by atoms with E-state index in [-0.39, 0.29) is 11.1 Å². The van der Waals surface area contributed by atoms with Crippen LogP contribution in [0, 0.1) is 24.4 Å². The van der Waals surface area contributed by atoms with Crippen molar-refractivity contribution >= 4 is 5.78 Å². The lowest BCUT2D eigenvalue weighted by molar-refractivity contribution is 0.103. The number of ketones is 1. The van der Waals surface area contributed by atoms with Crippen molar-refractivity contribution in [1.29, 1.82) is 0 Å². The fourth-order valence-electron chi connectivity index (χ4n) is 1.70. The van der Waals surface area contributed by atoms with Crippen LogP contribution >= 0.6 is 0 Å². The summed E-state index contributed by atoms with van der Waals surface area (Å²) < 4.78 is 39.1. The molecule has 0 saturated heterocycles. The van der Waals surface area contributed by atoms with Gasteiger partial charge in [0.15, 0.2) is 5.78 Å². The zero-order valence-electron chi connectivity index (χ0n) is 9.51. The molecule has 18 heavy (non-hydrogen) atoms. The van der Waals surface area contributed by atoms with Gasteiger partial charge < -0.3 is 0 Å². The number of benzene rings is 2. The molecular formula is C14H9F3O. The van der Waals surface area contributed by atoms with Crippen molar-refractivity contribution in [3.05, 3.63) is 70.5 Å². The highest BCUT2D eigenvalue weighted by Crippen LogP contribution is 2.18. The van der Waals surface area contributed by atoms with Crippen molar-refractivity contribution in [3.63, 3.8) is 0 Å². The number of carbonyl (C=O) groups is 1. The summed E-state index contributed by atoms with van der Waals surface area (Å²) in [4.78, 5) is 12.0. The van der Waals surface area contributed by atoms with Gasteiger partial charge in [0, 0.05) is 11.6 Å². The predicted molar refractivity (Wildman–Crippen MR) is 60.9 cm³/mol. The van der Waals surface area contributed by atoms with Crippen LogP contribution in [0.1, 0.15) is 21.5 Å². The van der Waals surface area contributed by atoms with Crippen molar-refractivity contribution in [3.8, 4) is 0 Å². The first-order valence-corrected chi connectivity index (χ1v) is 5.25. The van der Waals surface area contributed by atoms with E-state index >= 15 is 0 Å². The molecule has 2 rings (SSSR count). The summed E-state index contributed by atoms with van der Waals surface area (Å²) in [6, 6.07) is 6.34. The molecule has 2 aromatic carbocycles. The van der Waals surface area contributed by atoms with Crippen LogP contribution in [0.4, 0.5) is 13.2 Å². The second-order valence-corrected chi connectivity index (χ2v) is 3.91. The van der Waals surface area contributed by atoms with E-state index in [1.165, 1.54) is 12.1 Å². The molecule has 0 bridgehead atoms. The Hall–Kier alpha value is -2.10. The summed E-state index contributed by atoms with van der Waals surface area (Å²) in [5.41, 5.74) is 0.372. The smallest absolute Gasteiger partial charge is 0.196 e. The Bertz CT molecular complexity index is 567. The van der Waals surface area contributed by atoms with Crippen LogP contribution in [0.2, 0.25) is 0 Å². The van der Waals surface area contributed by atoms with Crippen LogP contribution in [0.5, 0.6) is 0 Å². The van der Waals surface area contributed by atoms with Gasteiger partial charge in [-0.25, -0.2) is 13.2 Å². The second kappa shape index (κ2) is 4.64. The van der Waals surface area contributed by atoms with Crippen molar-refractivity contribution in [1.82, 2.24) is 0 Å². The zero-order valence-corrected chi connectivity index (χ0v) is 9.51. The van der Waals surface area contributed by atoms with Crippen molar-refractivity contribution in [2.75, 3.05) is 0 Å². The Balaban J connectivity index is 2.48. The summed E-state index contributed by atoms with van der Waals surface area (Å²) in [6.45, 7) is 1.55. The predicted octanol–water partition coefficient (Wildman–Crippen LogP) is 3.64. The SMILES string of the molecule is Cc1cc(F)ccc1C(=O)c1ccc(F)cc1F. The molecule has 0 fully saturated rings. The van der Waals surface area contributed by atoms with Crippen LogP contribution < -0.4 is 0 Å².